The largest absolute Gasteiger partial charge is 0.481 e. The van der Waals surface area contributed by atoms with Gasteiger partial charge in [-0.05, 0) is 42.5 Å². The second kappa shape index (κ2) is 6.52. The van der Waals surface area contributed by atoms with Crippen LogP contribution in [0.1, 0.15) is 30.4 Å². The Morgan fingerprint density at radius 3 is 2.48 bits per heavy atom. The number of anilines is 1. The van der Waals surface area contributed by atoms with Crippen LogP contribution >= 0.6 is 0 Å². The van der Waals surface area contributed by atoms with Gasteiger partial charge in [-0.3, -0.25) is 4.79 Å². The molecule has 1 unspecified atom stereocenters. The lowest BCUT2D eigenvalue weighted by molar-refractivity contribution is -0.153. The van der Waals surface area contributed by atoms with E-state index in [1.807, 2.05) is 12.1 Å². The fourth-order valence-corrected chi connectivity index (χ4v) is 4.27. The molecule has 0 aliphatic carbocycles. The van der Waals surface area contributed by atoms with Crippen LogP contribution < -0.4 is 4.90 Å². The Hall–Kier alpha value is -2.33. The minimum Gasteiger partial charge on any atom is -0.481 e. The predicted octanol–water partition coefficient (Wildman–Crippen LogP) is 3.60. The van der Waals surface area contributed by atoms with Gasteiger partial charge < -0.3 is 14.7 Å². The number of para-hydroxylation sites is 1. The van der Waals surface area contributed by atoms with Crippen LogP contribution in [0, 0.1) is 0 Å². The monoisotopic (exact) mass is 337 g/mol. The maximum absolute atomic E-state index is 11.2. The van der Waals surface area contributed by atoms with Gasteiger partial charge in [0.2, 0.25) is 0 Å². The summed E-state index contributed by atoms with van der Waals surface area (Å²) in [5.74, 6) is -0.791. The summed E-state index contributed by atoms with van der Waals surface area (Å²) in [5, 5.41) is 9.20. The average molecular weight is 337 g/mol. The van der Waals surface area contributed by atoms with Gasteiger partial charge in [-0.15, -0.1) is 0 Å². The van der Waals surface area contributed by atoms with E-state index in [1.54, 1.807) is 0 Å². The molecule has 0 bridgehead atoms. The first-order chi connectivity index (χ1) is 12.2. The molecule has 2 heterocycles. The van der Waals surface area contributed by atoms with Crippen molar-refractivity contribution in [1.82, 2.24) is 0 Å². The molecule has 1 atom stereocenters. The number of fused-ring (bicyclic) bond motifs is 2. The van der Waals surface area contributed by atoms with Crippen molar-refractivity contribution in [3.05, 3.63) is 65.7 Å². The molecular formula is C21H23NO3. The molecule has 1 saturated heterocycles. The average Bonchev–Trinajstić information content (AvgIpc) is 2.63. The summed E-state index contributed by atoms with van der Waals surface area (Å²) in [4.78, 5) is 13.6. The molecule has 1 fully saturated rings. The summed E-state index contributed by atoms with van der Waals surface area (Å²) in [7, 11) is 0. The topological polar surface area (TPSA) is 49.8 Å². The number of rotatable bonds is 3. The number of ether oxygens (including phenoxy) is 1. The molecule has 2 aliphatic rings. The van der Waals surface area contributed by atoms with Crippen molar-refractivity contribution >= 4 is 11.7 Å². The van der Waals surface area contributed by atoms with E-state index < -0.39 is 5.97 Å². The van der Waals surface area contributed by atoms with E-state index in [4.69, 9.17) is 4.74 Å². The normalized spacial score (nSPS) is 21.8. The molecule has 1 N–H and O–H groups in total. The molecule has 0 saturated carbocycles. The lowest BCUT2D eigenvalue weighted by Gasteiger charge is -2.48. The fraction of sp³-hybridized carbons (Fsp3) is 0.381. The first-order valence-corrected chi connectivity index (χ1v) is 8.94. The molecule has 4 heteroatoms. The lowest BCUT2D eigenvalue weighted by atomic mass is 9.78. The number of hydrogen-bond donors (Lipinski definition) is 1. The number of aliphatic carboxylic acids is 1. The zero-order valence-corrected chi connectivity index (χ0v) is 14.2. The van der Waals surface area contributed by atoms with Gasteiger partial charge in [0, 0.05) is 18.8 Å². The fourth-order valence-electron chi connectivity index (χ4n) is 4.27. The minimum absolute atomic E-state index is 0.0679. The van der Waals surface area contributed by atoms with Gasteiger partial charge in [0.05, 0.1) is 18.1 Å². The van der Waals surface area contributed by atoms with E-state index >= 15 is 0 Å². The summed E-state index contributed by atoms with van der Waals surface area (Å²) < 4.78 is 6.43. The van der Waals surface area contributed by atoms with Crippen molar-refractivity contribution in [2.75, 3.05) is 18.0 Å². The molecule has 2 aliphatic heterocycles. The summed E-state index contributed by atoms with van der Waals surface area (Å²) >= 11 is 0. The number of carbonyl (C=O) groups is 1. The van der Waals surface area contributed by atoms with Gasteiger partial charge in [-0.2, -0.15) is 0 Å². The first-order valence-electron chi connectivity index (χ1n) is 8.94. The van der Waals surface area contributed by atoms with Crippen LogP contribution in [0.2, 0.25) is 0 Å². The highest BCUT2D eigenvalue weighted by Crippen LogP contribution is 2.44. The Labute approximate surface area is 148 Å². The summed E-state index contributed by atoms with van der Waals surface area (Å²) in [5.41, 5.74) is 3.39. The molecule has 4 rings (SSSR count). The van der Waals surface area contributed by atoms with Gasteiger partial charge in [0.25, 0.3) is 0 Å². The molecule has 130 valence electrons. The van der Waals surface area contributed by atoms with Crippen LogP contribution in [0.5, 0.6) is 0 Å². The van der Waals surface area contributed by atoms with Crippen LogP contribution in [-0.2, 0) is 21.6 Å². The second-order valence-electron chi connectivity index (χ2n) is 7.02. The Bertz CT molecular complexity index is 751. The number of benzene rings is 2. The Morgan fingerprint density at radius 1 is 1.08 bits per heavy atom. The number of carboxylic acid groups (broad SMARTS) is 1. The van der Waals surface area contributed by atoms with Crippen molar-refractivity contribution in [3.8, 4) is 0 Å². The van der Waals surface area contributed by atoms with Crippen molar-refractivity contribution in [2.24, 2.45) is 0 Å². The number of nitrogens with zero attached hydrogens (tertiary/aromatic N) is 1. The Morgan fingerprint density at radius 2 is 1.76 bits per heavy atom. The van der Waals surface area contributed by atoms with Gasteiger partial charge >= 0.3 is 5.97 Å². The quantitative estimate of drug-likeness (QED) is 0.930. The summed E-state index contributed by atoms with van der Waals surface area (Å²) in [6.07, 6.45) is 2.28. The Kier molecular flexibility index (Phi) is 4.22. The highest BCUT2D eigenvalue weighted by molar-refractivity contribution is 5.67. The third-order valence-corrected chi connectivity index (χ3v) is 5.44. The van der Waals surface area contributed by atoms with E-state index in [1.165, 1.54) is 16.8 Å². The van der Waals surface area contributed by atoms with E-state index in [-0.39, 0.29) is 18.1 Å². The van der Waals surface area contributed by atoms with E-state index in [9.17, 15) is 9.90 Å². The van der Waals surface area contributed by atoms with Crippen LogP contribution in [-0.4, -0.2) is 30.3 Å². The summed E-state index contributed by atoms with van der Waals surface area (Å²) in [6.45, 7) is 1.83. The molecule has 0 radical (unpaired) electrons. The second-order valence-corrected chi connectivity index (χ2v) is 7.02. The summed E-state index contributed by atoms with van der Waals surface area (Å²) in [6, 6.07) is 18.8. The van der Waals surface area contributed by atoms with Crippen molar-refractivity contribution in [2.45, 2.75) is 37.4 Å². The number of piperidine rings is 1. The lowest BCUT2D eigenvalue weighted by Crippen LogP contribution is -2.49. The predicted molar refractivity (Wildman–Crippen MR) is 96.8 cm³/mol. The highest BCUT2D eigenvalue weighted by Gasteiger charge is 2.43. The van der Waals surface area contributed by atoms with Gasteiger partial charge in [0.15, 0.2) is 0 Å². The SMILES string of the molecule is O=C(O)CC1Cc2ccccc2C2(CCN(c3ccccc3)CC2)O1. The molecule has 0 aromatic heterocycles. The zero-order chi connectivity index (χ0) is 17.3. The zero-order valence-electron chi connectivity index (χ0n) is 14.2. The molecule has 2 aromatic rings. The van der Waals surface area contributed by atoms with Crippen LogP contribution in [0.15, 0.2) is 54.6 Å². The highest BCUT2D eigenvalue weighted by atomic mass is 16.5. The molecule has 0 amide bonds. The molecule has 25 heavy (non-hydrogen) atoms. The van der Waals surface area contributed by atoms with Gasteiger partial charge in [-0.25, -0.2) is 0 Å². The Balaban J connectivity index is 1.59. The molecular weight excluding hydrogens is 314 g/mol. The van der Waals surface area contributed by atoms with E-state index in [2.05, 4.69) is 47.4 Å². The molecule has 1 spiro atoms. The van der Waals surface area contributed by atoms with Crippen molar-refractivity contribution in [1.29, 1.82) is 0 Å². The van der Waals surface area contributed by atoms with Gasteiger partial charge in [0.1, 0.15) is 0 Å². The van der Waals surface area contributed by atoms with Crippen LogP contribution in [0.3, 0.4) is 0 Å². The smallest absolute Gasteiger partial charge is 0.305 e. The van der Waals surface area contributed by atoms with E-state index in [0.29, 0.717) is 6.42 Å². The van der Waals surface area contributed by atoms with E-state index in [0.717, 1.165) is 25.9 Å². The standard InChI is InChI=1S/C21H23NO3/c23-20(24)15-18-14-16-6-4-5-9-19(16)21(25-18)10-12-22(13-11-21)17-7-2-1-3-8-17/h1-9,18H,10-15H2,(H,23,24). The maximum Gasteiger partial charge on any atom is 0.305 e. The minimum atomic E-state index is -0.791. The third kappa shape index (κ3) is 3.14. The van der Waals surface area contributed by atoms with Crippen molar-refractivity contribution in [3.63, 3.8) is 0 Å². The maximum atomic E-state index is 11.2. The molecule has 2 aromatic carbocycles. The first kappa shape index (κ1) is 16.2. The number of hydrogen-bond acceptors (Lipinski definition) is 3. The van der Waals surface area contributed by atoms with Gasteiger partial charge in [-0.1, -0.05) is 42.5 Å². The van der Waals surface area contributed by atoms with Crippen LogP contribution in [0.4, 0.5) is 5.69 Å². The van der Waals surface area contributed by atoms with Crippen molar-refractivity contribution < 1.29 is 14.6 Å². The van der Waals surface area contributed by atoms with Crippen LogP contribution in [0.25, 0.3) is 0 Å². The third-order valence-electron chi connectivity index (χ3n) is 5.44. The number of carboxylic acids is 1. The molecule has 4 nitrogen and oxygen atoms in total.